The second kappa shape index (κ2) is 5.39. The number of benzene rings is 2. The minimum Gasteiger partial charge on any atom is -0.398 e. The Morgan fingerprint density at radius 3 is 2.21 bits per heavy atom. The molecule has 0 amide bonds. The molecule has 2 aromatic rings. The van der Waals surface area contributed by atoms with E-state index in [1.54, 1.807) is 50.2 Å². The van der Waals surface area contributed by atoms with Crippen molar-refractivity contribution < 1.29 is 8.78 Å². The van der Waals surface area contributed by atoms with Crippen LogP contribution < -0.4 is 5.73 Å². The fraction of sp³-hybridized carbons (Fsp3) is 0.250. The number of nitrogen functional groups attached to an aromatic ring is 1. The number of alkyl halides is 1. The van der Waals surface area contributed by atoms with Crippen LogP contribution in [0.25, 0.3) is 11.1 Å². The van der Waals surface area contributed by atoms with Crippen LogP contribution >= 0.6 is 0 Å². The van der Waals surface area contributed by atoms with Crippen molar-refractivity contribution in [3.8, 4) is 11.1 Å². The van der Waals surface area contributed by atoms with Crippen LogP contribution in [0, 0.1) is 11.7 Å². The van der Waals surface area contributed by atoms with Crippen molar-refractivity contribution in [1.29, 1.82) is 0 Å². The summed E-state index contributed by atoms with van der Waals surface area (Å²) in [4.78, 5) is 0. The molecule has 0 fully saturated rings. The normalized spacial score (nSPS) is 12.7. The Balaban J connectivity index is 2.55. The molecule has 3 heteroatoms. The minimum absolute atomic E-state index is 0.0933. The number of hydrogen-bond acceptors (Lipinski definition) is 1. The van der Waals surface area contributed by atoms with Gasteiger partial charge < -0.3 is 5.73 Å². The first-order valence-electron chi connectivity index (χ1n) is 6.29. The van der Waals surface area contributed by atoms with Gasteiger partial charge in [0.25, 0.3) is 0 Å². The number of rotatable bonds is 3. The lowest BCUT2D eigenvalue weighted by molar-refractivity contribution is 0.254. The van der Waals surface area contributed by atoms with Crippen LogP contribution in [0.4, 0.5) is 14.5 Å². The highest BCUT2D eigenvalue weighted by atomic mass is 19.1. The largest absolute Gasteiger partial charge is 0.398 e. The average Bonchev–Trinajstić information content (AvgIpc) is 2.39. The lowest BCUT2D eigenvalue weighted by atomic mass is 9.95. The first-order chi connectivity index (χ1) is 9.02. The molecule has 100 valence electrons. The van der Waals surface area contributed by atoms with Crippen LogP contribution in [0.15, 0.2) is 42.5 Å². The molecule has 0 saturated carbocycles. The van der Waals surface area contributed by atoms with Gasteiger partial charge in [-0.2, -0.15) is 0 Å². The van der Waals surface area contributed by atoms with Gasteiger partial charge in [0.2, 0.25) is 0 Å². The zero-order chi connectivity index (χ0) is 14.0. The van der Waals surface area contributed by atoms with Crippen molar-refractivity contribution in [3.05, 3.63) is 53.8 Å². The van der Waals surface area contributed by atoms with E-state index in [-0.39, 0.29) is 11.5 Å². The average molecular weight is 261 g/mol. The topological polar surface area (TPSA) is 26.0 Å². The van der Waals surface area contributed by atoms with Gasteiger partial charge in [-0.05, 0) is 12.0 Å². The van der Waals surface area contributed by atoms with E-state index in [2.05, 4.69) is 0 Å². The molecule has 19 heavy (non-hydrogen) atoms. The molecule has 0 spiro atoms. The summed E-state index contributed by atoms with van der Waals surface area (Å²) in [5.41, 5.74) is 7.37. The smallest absolute Gasteiger partial charge is 0.137 e. The maximum absolute atomic E-state index is 14.5. The Morgan fingerprint density at radius 1 is 0.947 bits per heavy atom. The lowest BCUT2D eigenvalue weighted by Crippen LogP contribution is -2.04. The van der Waals surface area contributed by atoms with Gasteiger partial charge in [-0.15, -0.1) is 0 Å². The predicted molar refractivity (Wildman–Crippen MR) is 74.9 cm³/mol. The minimum atomic E-state index is -1.31. The lowest BCUT2D eigenvalue weighted by Gasteiger charge is -2.16. The Hall–Kier alpha value is -1.90. The molecule has 1 nitrogen and oxygen atoms in total. The summed E-state index contributed by atoms with van der Waals surface area (Å²) in [6.07, 6.45) is -1.31. The molecule has 0 aromatic heterocycles. The second-order valence-electron chi connectivity index (χ2n) is 4.94. The van der Waals surface area contributed by atoms with Gasteiger partial charge in [-0.3, -0.25) is 0 Å². The van der Waals surface area contributed by atoms with E-state index in [0.29, 0.717) is 16.8 Å². The first-order valence-corrected chi connectivity index (χ1v) is 6.29. The van der Waals surface area contributed by atoms with Gasteiger partial charge in [-0.25, -0.2) is 8.78 Å². The third-order valence-electron chi connectivity index (χ3n) is 3.16. The first kappa shape index (κ1) is 13.5. The van der Waals surface area contributed by atoms with E-state index in [1.807, 2.05) is 0 Å². The van der Waals surface area contributed by atoms with Gasteiger partial charge in [0.15, 0.2) is 0 Å². The van der Waals surface area contributed by atoms with Crippen molar-refractivity contribution in [2.24, 2.45) is 5.92 Å². The number of nitrogens with two attached hydrogens (primary N) is 1. The van der Waals surface area contributed by atoms with Crippen LogP contribution in [0.3, 0.4) is 0 Å². The molecule has 0 bridgehead atoms. The van der Waals surface area contributed by atoms with Gasteiger partial charge in [0.05, 0.1) is 0 Å². The third kappa shape index (κ3) is 2.60. The van der Waals surface area contributed by atoms with E-state index in [4.69, 9.17) is 5.73 Å². The Morgan fingerprint density at radius 2 is 1.58 bits per heavy atom. The van der Waals surface area contributed by atoms with Gasteiger partial charge in [0.1, 0.15) is 12.0 Å². The van der Waals surface area contributed by atoms with E-state index >= 15 is 0 Å². The number of hydrogen-bond donors (Lipinski definition) is 1. The summed E-state index contributed by atoms with van der Waals surface area (Å²) in [5.74, 6) is -0.792. The van der Waals surface area contributed by atoms with Gasteiger partial charge >= 0.3 is 0 Å². The number of para-hydroxylation sites is 1. The van der Waals surface area contributed by atoms with Crippen LogP contribution in [0.1, 0.15) is 25.6 Å². The van der Waals surface area contributed by atoms with Crippen molar-refractivity contribution in [2.45, 2.75) is 20.0 Å². The molecular weight excluding hydrogens is 244 g/mol. The zero-order valence-electron chi connectivity index (χ0n) is 11.0. The maximum atomic E-state index is 14.5. The predicted octanol–water partition coefficient (Wildman–Crippen LogP) is 4.74. The highest BCUT2D eigenvalue weighted by Gasteiger charge is 2.21. The fourth-order valence-corrected chi connectivity index (χ4v) is 2.07. The molecule has 1 atom stereocenters. The monoisotopic (exact) mass is 261 g/mol. The van der Waals surface area contributed by atoms with Crippen LogP contribution in [-0.2, 0) is 0 Å². The summed E-state index contributed by atoms with van der Waals surface area (Å²) >= 11 is 0. The highest BCUT2D eigenvalue weighted by Crippen LogP contribution is 2.34. The third-order valence-corrected chi connectivity index (χ3v) is 3.16. The summed E-state index contributed by atoms with van der Waals surface area (Å²) in [7, 11) is 0. The molecule has 1 unspecified atom stereocenters. The molecule has 2 N–H and O–H groups in total. The van der Waals surface area contributed by atoms with Crippen LogP contribution in [0.5, 0.6) is 0 Å². The van der Waals surface area contributed by atoms with E-state index < -0.39 is 12.0 Å². The molecule has 0 saturated heterocycles. The second-order valence-corrected chi connectivity index (χ2v) is 4.94. The summed E-state index contributed by atoms with van der Waals surface area (Å²) in [6, 6.07) is 11.8. The standard InChI is InChI=1S/C16H17F2N/c1-10(2)15(17)13-8-5-7-12(16(13)18)11-6-3-4-9-14(11)19/h3-10,15H,19H2,1-2H3. The molecule has 0 aliphatic rings. The maximum Gasteiger partial charge on any atom is 0.137 e. The van der Waals surface area contributed by atoms with Crippen molar-refractivity contribution >= 4 is 5.69 Å². The SMILES string of the molecule is CC(C)C(F)c1cccc(-c2ccccc2N)c1F. The van der Waals surface area contributed by atoms with E-state index in [0.717, 1.165) is 0 Å². The Bertz CT molecular complexity index is 579. The van der Waals surface area contributed by atoms with Crippen LogP contribution in [0.2, 0.25) is 0 Å². The Labute approximate surface area is 112 Å². The van der Waals surface area contributed by atoms with Crippen molar-refractivity contribution in [1.82, 2.24) is 0 Å². The zero-order valence-corrected chi connectivity index (χ0v) is 11.0. The molecule has 2 rings (SSSR count). The Kier molecular flexibility index (Phi) is 3.84. The molecule has 0 aliphatic carbocycles. The molecule has 0 heterocycles. The quantitative estimate of drug-likeness (QED) is 0.793. The van der Waals surface area contributed by atoms with Gasteiger partial charge in [0, 0.05) is 22.4 Å². The number of halogens is 2. The van der Waals surface area contributed by atoms with Crippen molar-refractivity contribution in [2.75, 3.05) is 5.73 Å². The molecule has 2 aromatic carbocycles. The molecular formula is C16H17F2N. The van der Waals surface area contributed by atoms with E-state index in [1.165, 1.54) is 6.07 Å². The van der Waals surface area contributed by atoms with E-state index in [9.17, 15) is 8.78 Å². The summed E-state index contributed by atoms with van der Waals surface area (Å²) in [5, 5.41) is 0. The van der Waals surface area contributed by atoms with Crippen LogP contribution in [-0.4, -0.2) is 0 Å². The molecule has 0 aliphatic heterocycles. The summed E-state index contributed by atoms with van der Waals surface area (Å²) in [6.45, 7) is 3.46. The highest BCUT2D eigenvalue weighted by molar-refractivity contribution is 5.77. The molecule has 0 radical (unpaired) electrons. The fourth-order valence-electron chi connectivity index (χ4n) is 2.07. The summed E-state index contributed by atoms with van der Waals surface area (Å²) < 4.78 is 28.5. The van der Waals surface area contributed by atoms with Crippen molar-refractivity contribution in [3.63, 3.8) is 0 Å². The number of anilines is 1. The van der Waals surface area contributed by atoms with Gasteiger partial charge in [-0.1, -0.05) is 50.2 Å².